The van der Waals surface area contributed by atoms with Crippen LogP contribution in [0.5, 0.6) is 11.6 Å². The number of nitrogens with zero attached hydrogens (tertiary/aromatic N) is 3. The van der Waals surface area contributed by atoms with Gasteiger partial charge in [0.2, 0.25) is 5.88 Å². The number of fused-ring (bicyclic) bond motifs is 1. The number of thiophene rings is 1. The van der Waals surface area contributed by atoms with Crippen LogP contribution in [0, 0.1) is 5.82 Å². The monoisotopic (exact) mass is 494 g/mol. The lowest BCUT2D eigenvalue weighted by Gasteiger charge is -2.11. The number of halogens is 1. The standard InChI is InChI=1S/C26H27FN4O3S/c1-31(2)12-11-28-24(32)19-5-3-6-21(15-19)33-13-4-14-34-25-23-22(16-35-26(23)30-17-29-25)18-7-9-20(27)10-8-18/h3,5-10,15-17H,4,11-14H2,1-2H3,(H,28,32). The maximum Gasteiger partial charge on any atom is 0.251 e. The summed E-state index contributed by atoms with van der Waals surface area (Å²) < 4.78 is 25.1. The van der Waals surface area contributed by atoms with E-state index < -0.39 is 0 Å². The molecular weight excluding hydrogens is 467 g/mol. The van der Waals surface area contributed by atoms with Crippen LogP contribution in [-0.4, -0.2) is 61.2 Å². The van der Waals surface area contributed by atoms with Crippen LogP contribution in [-0.2, 0) is 0 Å². The van der Waals surface area contributed by atoms with Crippen molar-refractivity contribution in [1.29, 1.82) is 0 Å². The number of nitrogens with one attached hydrogen (secondary N) is 1. The van der Waals surface area contributed by atoms with Gasteiger partial charge in [0.05, 0.1) is 18.6 Å². The summed E-state index contributed by atoms with van der Waals surface area (Å²) in [5.74, 6) is 0.718. The molecule has 0 aliphatic rings. The first-order valence-electron chi connectivity index (χ1n) is 11.3. The smallest absolute Gasteiger partial charge is 0.251 e. The quantitative estimate of drug-likeness (QED) is 0.306. The van der Waals surface area contributed by atoms with Gasteiger partial charge >= 0.3 is 0 Å². The highest BCUT2D eigenvalue weighted by Gasteiger charge is 2.14. The van der Waals surface area contributed by atoms with E-state index in [1.807, 2.05) is 30.4 Å². The first kappa shape index (κ1) is 24.6. The molecule has 1 amide bonds. The second-order valence-electron chi connectivity index (χ2n) is 8.15. The third-order valence-corrected chi connectivity index (χ3v) is 6.11. The second kappa shape index (κ2) is 11.7. The molecule has 0 bridgehead atoms. The number of carbonyl (C=O) groups excluding carboxylic acids is 1. The third kappa shape index (κ3) is 6.52. The Balaban J connectivity index is 1.31. The lowest BCUT2D eigenvalue weighted by Crippen LogP contribution is -2.31. The number of aromatic nitrogens is 2. The molecule has 0 saturated heterocycles. The summed E-state index contributed by atoms with van der Waals surface area (Å²) in [5, 5.41) is 5.69. The molecule has 4 aromatic rings. The van der Waals surface area contributed by atoms with Gasteiger partial charge in [-0.25, -0.2) is 14.4 Å². The average Bonchev–Trinajstić information content (AvgIpc) is 3.29. The van der Waals surface area contributed by atoms with Gasteiger partial charge in [0.25, 0.3) is 5.91 Å². The molecule has 35 heavy (non-hydrogen) atoms. The molecule has 2 heterocycles. The Hall–Kier alpha value is -3.56. The normalized spacial score (nSPS) is 11.1. The predicted molar refractivity (Wildman–Crippen MR) is 136 cm³/mol. The topological polar surface area (TPSA) is 76.6 Å². The number of benzene rings is 2. The number of rotatable bonds is 11. The fourth-order valence-electron chi connectivity index (χ4n) is 3.44. The molecule has 0 fully saturated rings. The van der Waals surface area contributed by atoms with Crippen LogP contribution in [0.2, 0.25) is 0 Å². The summed E-state index contributed by atoms with van der Waals surface area (Å²) in [6, 6.07) is 13.5. The molecule has 0 aliphatic carbocycles. The molecule has 0 unspecified atom stereocenters. The Bertz CT molecular complexity index is 1280. The Morgan fingerprint density at radius 1 is 1.09 bits per heavy atom. The highest BCUT2D eigenvalue weighted by Crippen LogP contribution is 2.37. The molecule has 9 heteroatoms. The third-order valence-electron chi connectivity index (χ3n) is 5.23. The molecule has 0 spiro atoms. The summed E-state index contributed by atoms with van der Waals surface area (Å²) in [5.41, 5.74) is 2.36. The molecule has 7 nitrogen and oxygen atoms in total. The summed E-state index contributed by atoms with van der Waals surface area (Å²) in [7, 11) is 3.92. The van der Waals surface area contributed by atoms with Crippen LogP contribution in [0.25, 0.3) is 21.3 Å². The minimum absolute atomic E-state index is 0.124. The number of amides is 1. The highest BCUT2D eigenvalue weighted by atomic mass is 32.1. The van der Waals surface area contributed by atoms with E-state index in [1.54, 1.807) is 30.3 Å². The van der Waals surface area contributed by atoms with E-state index in [4.69, 9.17) is 9.47 Å². The van der Waals surface area contributed by atoms with Crippen molar-refractivity contribution in [2.45, 2.75) is 6.42 Å². The average molecular weight is 495 g/mol. The van der Waals surface area contributed by atoms with Crippen LogP contribution in [0.15, 0.2) is 60.2 Å². The van der Waals surface area contributed by atoms with Gasteiger partial charge in [-0.3, -0.25) is 4.79 Å². The van der Waals surface area contributed by atoms with E-state index in [1.165, 1.54) is 29.8 Å². The van der Waals surface area contributed by atoms with Crippen LogP contribution in [0.1, 0.15) is 16.8 Å². The van der Waals surface area contributed by atoms with Gasteiger partial charge in [0.15, 0.2) is 0 Å². The van der Waals surface area contributed by atoms with Gasteiger partial charge in [-0.15, -0.1) is 11.3 Å². The first-order valence-corrected chi connectivity index (χ1v) is 12.2. The SMILES string of the molecule is CN(C)CCNC(=O)c1cccc(OCCCOc2ncnc3scc(-c4ccc(F)cc4)c23)c1. The second-order valence-corrected chi connectivity index (χ2v) is 9.01. The molecule has 1 N–H and O–H groups in total. The van der Waals surface area contributed by atoms with Crippen LogP contribution >= 0.6 is 11.3 Å². The zero-order chi connectivity index (χ0) is 24.6. The van der Waals surface area contributed by atoms with Crippen molar-refractivity contribution >= 4 is 27.5 Å². The minimum atomic E-state index is -0.281. The van der Waals surface area contributed by atoms with Gasteiger partial charge in [-0.05, 0) is 50.0 Å². The lowest BCUT2D eigenvalue weighted by molar-refractivity contribution is 0.0950. The Labute approximate surface area is 207 Å². The van der Waals surface area contributed by atoms with E-state index in [9.17, 15) is 9.18 Å². The molecule has 4 rings (SSSR count). The number of hydrogen-bond donors (Lipinski definition) is 1. The van der Waals surface area contributed by atoms with Gasteiger partial charge in [-0.1, -0.05) is 18.2 Å². The van der Waals surface area contributed by atoms with Crippen molar-refractivity contribution in [2.24, 2.45) is 0 Å². The van der Waals surface area contributed by atoms with Crippen LogP contribution in [0.3, 0.4) is 0 Å². The molecule has 0 radical (unpaired) electrons. The molecular formula is C26H27FN4O3S. The number of ether oxygens (including phenoxy) is 2. The largest absolute Gasteiger partial charge is 0.493 e. The van der Waals surface area contributed by atoms with E-state index in [2.05, 4.69) is 15.3 Å². The zero-order valence-corrected chi connectivity index (χ0v) is 20.5. The van der Waals surface area contributed by atoms with Gasteiger partial charge < -0.3 is 19.7 Å². The van der Waals surface area contributed by atoms with Crippen molar-refractivity contribution < 1.29 is 18.7 Å². The van der Waals surface area contributed by atoms with Crippen molar-refractivity contribution in [3.63, 3.8) is 0 Å². The van der Waals surface area contributed by atoms with E-state index in [-0.39, 0.29) is 11.7 Å². The Kier molecular flexibility index (Phi) is 8.23. The van der Waals surface area contributed by atoms with Crippen molar-refractivity contribution in [2.75, 3.05) is 40.4 Å². The zero-order valence-electron chi connectivity index (χ0n) is 19.7. The van der Waals surface area contributed by atoms with E-state index >= 15 is 0 Å². The van der Waals surface area contributed by atoms with Gasteiger partial charge in [-0.2, -0.15) is 0 Å². The van der Waals surface area contributed by atoms with Crippen LogP contribution < -0.4 is 14.8 Å². The van der Waals surface area contributed by atoms with Crippen molar-refractivity contribution in [3.05, 3.63) is 71.6 Å². The van der Waals surface area contributed by atoms with E-state index in [0.717, 1.165) is 27.9 Å². The van der Waals surface area contributed by atoms with Crippen LogP contribution in [0.4, 0.5) is 4.39 Å². The number of likely N-dealkylation sites (N-methyl/N-ethyl adjacent to an activating group) is 1. The summed E-state index contributed by atoms with van der Waals surface area (Å²) >= 11 is 1.49. The molecule has 2 aromatic heterocycles. The van der Waals surface area contributed by atoms with Crippen molar-refractivity contribution in [3.8, 4) is 22.8 Å². The number of hydrogen-bond acceptors (Lipinski definition) is 7. The molecule has 0 atom stereocenters. The maximum absolute atomic E-state index is 13.3. The van der Waals surface area contributed by atoms with Crippen molar-refractivity contribution in [1.82, 2.24) is 20.2 Å². The highest BCUT2D eigenvalue weighted by molar-refractivity contribution is 7.17. The fraction of sp³-hybridized carbons (Fsp3) is 0.269. The van der Waals surface area contributed by atoms with Gasteiger partial charge in [0.1, 0.15) is 22.7 Å². The Morgan fingerprint density at radius 2 is 1.89 bits per heavy atom. The minimum Gasteiger partial charge on any atom is -0.493 e. The summed E-state index contributed by atoms with van der Waals surface area (Å²) in [6.45, 7) is 2.18. The summed E-state index contributed by atoms with van der Waals surface area (Å²) in [4.78, 5) is 23.8. The van der Waals surface area contributed by atoms with Gasteiger partial charge in [0, 0.05) is 36.0 Å². The number of carbonyl (C=O) groups is 1. The predicted octanol–water partition coefficient (Wildman–Crippen LogP) is 4.64. The Morgan fingerprint density at radius 3 is 2.69 bits per heavy atom. The maximum atomic E-state index is 13.3. The summed E-state index contributed by atoms with van der Waals surface area (Å²) in [6.07, 6.45) is 2.11. The molecule has 0 aliphatic heterocycles. The molecule has 182 valence electrons. The fourth-order valence-corrected chi connectivity index (χ4v) is 4.35. The molecule has 0 saturated carbocycles. The first-order chi connectivity index (χ1) is 17.0. The van der Waals surface area contributed by atoms with E-state index in [0.29, 0.717) is 43.4 Å². The lowest BCUT2D eigenvalue weighted by atomic mass is 10.1. The molecule has 2 aromatic carbocycles.